The predicted octanol–water partition coefficient (Wildman–Crippen LogP) is 2.01. The molecule has 13 heavy (non-hydrogen) atoms. The first-order valence-electron chi connectivity index (χ1n) is 4.65. The molecule has 0 saturated carbocycles. The van der Waals surface area contributed by atoms with E-state index in [1.807, 2.05) is 7.05 Å². The van der Waals surface area contributed by atoms with Gasteiger partial charge in [-0.25, -0.2) is 0 Å². The third kappa shape index (κ3) is 3.64. The van der Waals surface area contributed by atoms with Crippen LogP contribution in [0.4, 0.5) is 0 Å². The molecule has 0 aromatic rings. The van der Waals surface area contributed by atoms with Crippen LogP contribution in [0.3, 0.4) is 0 Å². The Labute approximate surface area is 82.3 Å². The van der Waals surface area contributed by atoms with Crippen LogP contribution in [0.25, 0.3) is 0 Å². The maximum absolute atomic E-state index is 3.93. The van der Waals surface area contributed by atoms with E-state index in [0.29, 0.717) is 0 Å². The van der Waals surface area contributed by atoms with Gasteiger partial charge in [0.05, 0.1) is 0 Å². The Hall–Kier alpha value is -0.760. The molecule has 0 aromatic heterocycles. The van der Waals surface area contributed by atoms with Gasteiger partial charge in [0.15, 0.2) is 0 Å². The van der Waals surface area contributed by atoms with Crippen LogP contribution in [0.5, 0.6) is 0 Å². The lowest BCUT2D eigenvalue weighted by Gasteiger charge is -2.37. The average molecular weight is 182 g/mol. The Morgan fingerprint density at radius 3 is 2.46 bits per heavy atom. The highest BCUT2D eigenvalue weighted by atomic mass is 15.2. The van der Waals surface area contributed by atoms with Gasteiger partial charge in [-0.1, -0.05) is 13.2 Å². The van der Waals surface area contributed by atoms with Gasteiger partial charge in [0.1, 0.15) is 0 Å². The standard InChI is InChI=1S/C11H22N2/c1-7-10(2)13(6)11(3,4)8-9-12-5/h7,12H,1-2,8-9H2,3-6H3. The van der Waals surface area contributed by atoms with Gasteiger partial charge in [-0.05, 0) is 39.9 Å². The van der Waals surface area contributed by atoms with Crippen molar-refractivity contribution in [1.29, 1.82) is 0 Å². The fourth-order valence-electron chi connectivity index (χ4n) is 1.12. The highest BCUT2D eigenvalue weighted by molar-refractivity contribution is 5.12. The van der Waals surface area contributed by atoms with Gasteiger partial charge in [-0.2, -0.15) is 0 Å². The molecule has 1 N–H and O–H groups in total. The third-order valence-corrected chi connectivity index (χ3v) is 2.56. The largest absolute Gasteiger partial charge is 0.370 e. The van der Waals surface area contributed by atoms with Crippen LogP contribution in [-0.2, 0) is 0 Å². The minimum absolute atomic E-state index is 0.133. The van der Waals surface area contributed by atoms with Gasteiger partial charge < -0.3 is 10.2 Å². The molecule has 0 aliphatic carbocycles. The molecule has 0 atom stereocenters. The molecular formula is C11H22N2. The van der Waals surface area contributed by atoms with E-state index in [9.17, 15) is 0 Å². The maximum atomic E-state index is 3.93. The summed E-state index contributed by atoms with van der Waals surface area (Å²) >= 11 is 0. The zero-order valence-corrected chi connectivity index (χ0v) is 9.35. The monoisotopic (exact) mass is 182 g/mol. The summed E-state index contributed by atoms with van der Waals surface area (Å²) in [7, 11) is 4.03. The Balaban J connectivity index is 4.25. The normalized spacial score (nSPS) is 11.1. The van der Waals surface area contributed by atoms with Crippen molar-refractivity contribution in [2.45, 2.75) is 25.8 Å². The topological polar surface area (TPSA) is 15.3 Å². The molecule has 0 radical (unpaired) electrons. The van der Waals surface area contributed by atoms with Crippen molar-refractivity contribution in [3.05, 3.63) is 24.9 Å². The number of likely N-dealkylation sites (N-methyl/N-ethyl adjacent to an activating group) is 1. The molecule has 0 aromatic carbocycles. The summed E-state index contributed by atoms with van der Waals surface area (Å²) in [5.74, 6) is 0. The highest BCUT2D eigenvalue weighted by Gasteiger charge is 2.22. The van der Waals surface area contributed by atoms with Gasteiger partial charge in [0.25, 0.3) is 0 Å². The number of allylic oxidation sites excluding steroid dienone is 1. The maximum Gasteiger partial charge on any atom is 0.0354 e. The molecule has 0 amide bonds. The van der Waals surface area contributed by atoms with Gasteiger partial charge >= 0.3 is 0 Å². The summed E-state index contributed by atoms with van der Waals surface area (Å²) in [4.78, 5) is 2.16. The molecule has 0 aliphatic heterocycles. The Kier molecular flexibility index (Phi) is 4.78. The first-order chi connectivity index (χ1) is 5.95. The van der Waals surface area contributed by atoms with Crippen LogP contribution < -0.4 is 5.32 Å². The van der Waals surface area contributed by atoms with E-state index in [0.717, 1.165) is 18.7 Å². The van der Waals surface area contributed by atoms with E-state index in [1.54, 1.807) is 6.08 Å². The molecule has 0 heterocycles. The van der Waals surface area contributed by atoms with E-state index in [1.165, 1.54) is 0 Å². The lowest BCUT2D eigenvalue weighted by atomic mass is 9.98. The predicted molar refractivity (Wildman–Crippen MR) is 59.7 cm³/mol. The van der Waals surface area contributed by atoms with Crippen LogP contribution in [0.15, 0.2) is 24.9 Å². The first kappa shape index (κ1) is 12.2. The summed E-state index contributed by atoms with van der Waals surface area (Å²) in [5.41, 5.74) is 1.11. The Morgan fingerprint density at radius 2 is 2.08 bits per heavy atom. The lowest BCUT2D eigenvalue weighted by molar-refractivity contribution is 0.197. The Bertz CT molecular complexity index is 183. The van der Waals surface area contributed by atoms with Crippen molar-refractivity contribution in [2.24, 2.45) is 0 Å². The van der Waals surface area contributed by atoms with Crippen molar-refractivity contribution in [1.82, 2.24) is 10.2 Å². The minimum Gasteiger partial charge on any atom is -0.370 e. The van der Waals surface area contributed by atoms with Crippen LogP contribution in [0, 0.1) is 0 Å². The molecule has 2 heteroatoms. The van der Waals surface area contributed by atoms with Gasteiger partial charge in [-0.15, -0.1) is 0 Å². The molecule has 0 unspecified atom stereocenters. The fourth-order valence-corrected chi connectivity index (χ4v) is 1.12. The molecular weight excluding hydrogens is 160 g/mol. The van der Waals surface area contributed by atoms with E-state index in [2.05, 4.69) is 44.3 Å². The van der Waals surface area contributed by atoms with Gasteiger partial charge in [-0.3, -0.25) is 0 Å². The summed E-state index contributed by atoms with van der Waals surface area (Å²) in [6.45, 7) is 13.1. The van der Waals surface area contributed by atoms with Crippen molar-refractivity contribution in [3.63, 3.8) is 0 Å². The van der Waals surface area contributed by atoms with E-state index in [-0.39, 0.29) is 5.54 Å². The van der Waals surface area contributed by atoms with Crippen molar-refractivity contribution >= 4 is 0 Å². The summed E-state index contributed by atoms with van der Waals surface area (Å²) in [6, 6.07) is 0. The number of hydrogen-bond acceptors (Lipinski definition) is 2. The highest BCUT2D eigenvalue weighted by Crippen LogP contribution is 2.20. The average Bonchev–Trinajstić information content (AvgIpc) is 2.12. The SMILES string of the molecule is C=CC(=C)N(C)C(C)(C)CCNC. The molecule has 0 fully saturated rings. The van der Waals surface area contributed by atoms with Crippen LogP contribution in [-0.4, -0.2) is 31.1 Å². The Morgan fingerprint density at radius 1 is 1.54 bits per heavy atom. The van der Waals surface area contributed by atoms with Crippen LogP contribution >= 0.6 is 0 Å². The number of nitrogens with one attached hydrogen (secondary N) is 1. The smallest absolute Gasteiger partial charge is 0.0354 e. The van der Waals surface area contributed by atoms with Crippen LogP contribution in [0.2, 0.25) is 0 Å². The molecule has 0 bridgehead atoms. The summed E-state index contributed by atoms with van der Waals surface area (Å²) < 4.78 is 0. The fraction of sp³-hybridized carbons (Fsp3) is 0.636. The second-order valence-electron chi connectivity index (χ2n) is 3.92. The minimum atomic E-state index is 0.133. The van der Waals surface area contributed by atoms with Crippen LogP contribution in [0.1, 0.15) is 20.3 Å². The molecule has 76 valence electrons. The van der Waals surface area contributed by atoms with E-state index >= 15 is 0 Å². The second kappa shape index (κ2) is 5.07. The third-order valence-electron chi connectivity index (χ3n) is 2.56. The van der Waals surface area contributed by atoms with Gasteiger partial charge in [0, 0.05) is 18.3 Å². The lowest BCUT2D eigenvalue weighted by Crippen LogP contribution is -2.41. The van der Waals surface area contributed by atoms with Gasteiger partial charge in [0.2, 0.25) is 0 Å². The van der Waals surface area contributed by atoms with Crippen molar-refractivity contribution in [2.75, 3.05) is 20.6 Å². The molecule has 0 rings (SSSR count). The second-order valence-corrected chi connectivity index (χ2v) is 3.92. The summed E-state index contributed by atoms with van der Waals surface area (Å²) in [6.07, 6.45) is 2.88. The van der Waals surface area contributed by atoms with E-state index < -0.39 is 0 Å². The van der Waals surface area contributed by atoms with Crippen molar-refractivity contribution in [3.8, 4) is 0 Å². The zero-order chi connectivity index (χ0) is 10.5. The molecule has 0 aliphatic rings. The number of nitrogens with zero attached hydrogens (tertiary/aromatic N) is 1. The van der Waals surface area contributed by atoms with E-state index in [4.69, 9.17) is 0 Å². The number of rotatable bonds is 6. The van der Waals surface area contributed by atoms with Crippen molar-refractivity contribution < 1.29 is 0 Å². The quantitative estimate of drug-likeness (QED) is 0.632. The summed E-state index contributed by atoms with van der Waals surface area (Å²) in [5, 5.41) is 3.15. The molecule has 2 nitrogen and oxygen atoms in total. The zero-order valence-electron chi connectivity index (χ0n) is 9.35. The molecule has 0 spiro atoms. The molecule has 0 saturated heterocycles. The first-order valence-corrected chi connectivity index (χ1v) is 4.65. The number of hydrogen-bond donors (Lipinski definition) is 1.